The highest BCUT2D eigenvalue weighted by Crippen LogP contribution is 2.36. The molecular formula is C20H14ClF3N4. The van der Waals surface area contributed by atoms with Gasteiger partial charge in [0.25, 0.3) is 0 Å². The van der Waals surface area contributed by atoms with E-state index in [1.54, 1.807) is 18.2 Å². The van der Waals surface area contributed by atoms with E-state index in [2.05, 4.69) is 21.4 Å². The predicted molar refractivity (Wildman–Crippen MR) is 101 cm³/mol. The van der Waals surface area contributed by atoms with Gasteiger partial charge in [0.1, 0.15) is 12.1 Å². The first-order valence-corrected chi connectivity index (χ1v) is 8.66. The van der Waals surface area contributed by atoms with Crippen LogP contribution in [0.15, 0.2) is 54.9 Å². The van der Waals surface area contributed by atoms with Crippen molar-refractivity contribution in [2.24, 2.45) is 0 Å². The lowest BCUT2D eigenvalue weighted by Crippen LogP contribution is -2.07. The van der Waals surface area contributed by atoms with Crippen LogP contribution in [0.25, 0.3) is 11.3 Å². The van der Waals surface area contributed by atoms with E-state index in [9.17, 15) is 13.2 Å². The topological polar surface area (TPSA) is 61.6 Å². The number of nitrogens with zero attached hydrogens (tertiary/aromatic N) is 3. The summed E-state index contributed by atoms with van der Waals surface area (Å²) in [5.41, 5.74) is 1.72. The summed E-state index contributed by atoms with van der Waals surface area (Å²) >= 11 is 5.78. The molecule has 2 aromatic carbocycles. The summed E-state index contributed by atoms with van der Waals surface area (Å²) in [5, 5.41) is 11.6. The standard InChI is InChI=1S/C20H14ClF3N4/c21-17-9-15(5-6-16(17)20(22,23)24)18-10-19(28-12-27-18)26-8-7-13-1-3-14(11-25)4-2-13/h1-6,9-10,12H,7-8H2,(H,26,27,28). The molecule has 0 saturated heterocycles. The zero-order chi connectivity index (χ0) is 20.1. The summed E-state index contributed by atoms with van der Waals surface area (Å²) in [6, 6.07) is 14.5. The normalized spacial score (nSPS) is 11.1. The highest BCUT2D eigenvalue weighted by atomic mass is 35.5. The number of nitriles is 1. The number of alkyl halides is 3. The van der Waals surface area contributed by atoms with E-state index in [1.807, 2.05) is 12.1 Å². The van der Waals surface area contributed by atoms with Crippen LogP contribution in [0, 0.1) is 11.3 Å². The molecule has 0 amide bonds. The third-order valence-electron chi connectivity index (χ3n) is 4.04. The Labute approximate surface area is 164 Å². The van der Waals surface area contributed by atoms with Crippen LogP contribution >= 0.6 is 11.6 Å². The fraction of sp³-hybridized carbons (Fsp3) is 0.150. The maximum atomic E-state index is 12.8. The van der Waals surface area contributed by atoms with Gasteiger partial charge in [-0.3, -0.25) is 0 Å². The van der Waals surface area contributed by atoms with Gasteiger partial charge in [0.15, 0.2) is 0 Å². The molecule has 1 N–H and O–H groups in total. The average molecular weight is 403 g/mol. The first kappa shape index (κ1) is 19.6. The Kier molecular flexibility index (Phi) is 5.81. The van der Waals surface area contributed by atoms with Gasteiger partial charge in [-0.05, 0) is 36.2 Å². The minimum Gasteiger partial charge on any atom is -0.370 e. The van der Waals surface area contributed by atoms with E-state index < -0.39 is 11.7 Å². The summed E-state index contributed by atoms with van der Waals surface area (Å²) in [6.07, 6.45) is -2.44. The lowest BCUT2D eigenvalue weighted by atomic mass is 10.1. The summed E-state index contributed by atoms with van der Waals surface area (Å²) in [6.45, 7) is 0.593. The van der Waals surface area contributed by atoms with Crippen molar-refractivity contribution in [1.82, 2.24) is 9.97 Å². The van der Waals surface area contributed by atoms with E-state index in [-0.39, 0.29) is 5.02 Å². The first-order valence-electron chi connectivity index (χ1n) is 8.29. The third-order valence-corrected chi connectivity index (χ3v) is 4.35. The number of benzene rings is 2. The molecule has 4 nitrogen and oxygen atoms in total. The Morgan fingerprint density at radius 3 is 2.43 bits per heavy atom. The lowest BCUT2D eigenvalue weighted by Gasteiger charge is -2.11. The van der Waals surface area contributed by atoms with Gasteiger partial charge < -0.3 is 5.32 Å². The summed E-state index contributed by atoms with van der Waals surface area (Å²) in [7, 11) is 0. The molecule has 0 aliphatic heterocycles. The quantitative estimate of drug-likeness (QED) is 0.625. The van der Waals surface area contributed by atoms with Gasteiger partial charge in [-0.25, -0.2) is 9.97 Å². The van der Waals surface area contributed by atoms with Crippen LogP contribution in [0.4, 0.5) is 19.0 Å². The number of anilines is 1. The molecule has 28 heavy (non-hydrogen) atoms. The van der Waals surface area contributed by atoms with Crippen LogP contribution in [0.5, 0.6) is 0 Å². The number of halogens is 4. The van der Waals surface area contributed by atoms with Gasteiger partial charge in [0.2, 0.25) is 0 Å². The number of nitrogens with one attached hydrogen (secondary N) is 1. The van der Waals surface area contributed by atoms with E-state index >= 15 is 0 Å². The SMILES string of the molecule is N#Cc1ccc(CCNc2cc(-c3ccc(C(F)(F)F)c(Cl)c3)ncn2)cc1. The van der Waals surface area contributed by atoms with Gasteiger partial charge in [-0.2, -0.15) is 18.4 Å². The molecule has 1 aromatic heterocycles. The Morgan fingerprint density at radius 1 is 1.04 bits per heavy atom. The number of hydrogen-bond donors (Lipinski definition) is 1. The van der Waals surface area contributed by atoms with Crippen LogP contribution in [0.2, 0.25) is 5.02 Å². The van der Waals surface area contributed by atoms with Crippen molar-refractivity contribution in [2.75, 3.05) is 11.9 Å². The fourth-order valence-electron chi connectivity index (χ4n) is 2.60. The number of aromatic nitrogens is 2. The molecule has 0 aliphatic carbocycles. The number of hydrogen-bond acceptors (Lipinski definition) is 4. The highest BCUT2D eigenvalue weighted by Gasteiger charge is 2.33. The lowest BCUT2D eigenvalue weighted by molar-refractivity contribution is -0.137. The molecule has 0 atom stereocenters. The van der Waals surface area contributed by atoms with E-state index in [0.29, 0.717) is 29.2 Å². The van der Waals surface area contributed by atoms with Crippen LogP contribution in [0.1, 0.15) is 16.7 Å². The Bertz CT molecular complexity index is 1010. The Hall–Kier alpha value is -3.11. The second-order valence-corrected chi connectivity index (χ2v) is 6.37. The van der Waals surface area contributed by atoms with Gasteiger partial charge in [-0.15, -0.1) is 0 Å². The van der Waals surface area contributed by atoms with E-state index in [4.69, 9.17) is 16.9 Å². The Balaban J connectivity index is 1.68. The van der Waals surface area contributed by atoms with Crippen molar-refractivity contribution in [1.29, 1.82) is 5.26 Å². The van der Waals surface area contributed by atoms with Crippen molar-refractivity contribution < 1.29 is 13.2 Å². The van der Waals surface area contributed by atoms with Crippen LogP contribution in [-0.2, 0) is 12.6 Å². The van der Waals surface area contributed by atoms with Gasteiger partial charge in [-0.1, -0.05) is 29.8 Å². The molecule has 0 saturated carbocycles. The van der Waals surface area contributed by atoms with Crippen molar-refractivity contribution in [3.63, 3.8) is 0 Å². The molecule has 0 unspecified atom stereocenters. The molecule has 3 rings (SSSR count). The monoisotopic (exact) mass is 402 g/mol. The summed E-state index contributed by atoms with van der Waals surface area (Å²) < 4.78 is 38.5. The van der Waals surface area contributed by atoms with Crippen LogP contribution in [-0.4, -0.2) is 16.5 Å². The largest absolute Gasteiger partial charge is 0.417 e. The Morgan fingerprint density at radius 2 is 1.79 bits per heavy atom. The van der Waals surface area contributed by atoms with Crippen molar-refractivity contribution in [2.45, 2.75) is 12.6 Å². The number of rotatable bonds is 5. The zero-order valence-corrected chi connectivity index (χ0v) is 15.2. The molecule has 3 aromatic rings. The van der Waals surface area contributed by atoms with Crippen LogP contribution < -0.4 is 5.32 Å². The van der Waals surface area contributed by atoms with Crippen molar-refractivity contribution in [3.8, 4) is 17.3 Å². The zero-order valence-electron chi connectivity index (χ0n) is 14.5. The van der Waals surface area contributed by atoms with Gasteiger partial charge in [0.05, 0.1) is 27.9 Å². The van der Waals surface area contributed by atoms with Crippen molar-refractivity contribution in [3.05, 3.63) is 76.6 Å². The summed E-state index contributed by atoms with van der Waals surface area (Å²) in [5.74, 6) is 0.551. The molecule has 0 bridgehead atoms. The molecule has 8 heteroatoms. The average Bonchev–Trinajstić information content (AvgIpc) is 2.68. The summed E-state index contributed by atoms with van der Waals surface area (Å²) in [4.78, 5) is 8.23. The smallest absolute Gasteiger partial charge is 0.370 e. The minimum atomic E-state index is -4.50. The first-order chi connectivity index (χ1) is 13.4. The van der Waals surface area contributed by atoms with E-state index in [0.717, 1.165) is 18.1 Å². The molecule has 0 radical (unpaired) electrons. The predicted octanol–water partition coefficient (Wildman–Crippen LogP) is 5.34. The molecular weight excluding hydrogens is 389 g/mol. The molecule has 1 heterocycles. The molecule has 142 valence electrons. The van der Waals surface area contributed by atoms with Gasteiger partial charge >= 0.3 is 6.18 Å². The maximum absolute atomic E-state index is 12.8. The van der Waals surface area contributed by atoms with E-state index in [1.165, 1.54) is 18.5 Å². The maximum Gasteiger partial charge on any atom is 0.417 e. The van der Waals surface area contributed by atoms with Crippen molar-refractivity contribution >= 4 is 17.4 Å². The second-order valence-electron chi connectivity index (χ2n) is 5.97. The second kappa shape index (κ2) is 8.28. The fourth-order valence-corrected chi connectivity index (χ4v) is 2.88. The molecule has 0 spiro atoms. The van der Waals surface area contributed by atoms with Crippen LogP contribution in [0.3, 0.4) is 0 Å². The van der Waals surface area contributed by atoms with Gasteiger partial charge in [0, 0.05) is 18.2 Å². The third kappa shape index (κ3) is 4.78. The minimum absolute atomic E-state index is 0.376. The molecule has 0 fully saturated rings. The molecule has 0 aliphatic rings. The highest BCUT2D eigenvalue weighted by molar-refractivity contribution is 6.31.